The van der Waals surface area contributed by atoms with Gasteiger partial charge in [0.05, 0.1) is 5.39 Å². The van der Waals surface area contributed by atoms with Gasteiger partial charge in [0.15, 0.2) is 6.29 Å². The van der Waals surface area contributed by atoms with Crippen molar-refractivity contribution in [3.05, 3.63) is 24.0 Å². The van der Waals surface area contributed by atoms with Crippen LogP contribution in [0.2, 0.25) is 0 Å². The van der Waals surface area contributed by atoms with Crippen LogP contribution in [0.5, 0.6) is 0 Å². The van der Waals surface area contributed by atoms with Crippen LogP contribution in [0.4, 0.5) is 5.69 Å². The Labute approximate surface area is 86.7 Å². The third-order valence-electron chi connectivity index (χ3n) is 2.67. The summed E-state index contributed by atoms with van der Waals surface area (Å²) in [6, 6.07) is 2.49. The summed E-state index contributed by atoms with van der Waals surface area (Å²) in [5, 5.41) is 4.30. The van der Waals surface area contributed by atoms with E-state index in [4.69, 9.17) is 0 Å². The van der Waals surface area contributed by atoms with E-state index in [0.29, 0.717) is 11.6 Å². The predicted molar refractivity (Wildman–Crippen MR) is 58.1 cm³/mol. The van der Waals surface area contributed by atoms with Crippen molar-refractivity contribution in [3.63, 3.8) is 0 Å². The van der Waals surface area contributed by atoms with E-state index >= 15 is 0 Å². The lowest BCUT2D eigenvalue weighted by molar-refractivity contribution is 0.112. The van der Waals surface area contributed by atoms with Crippen molar-refractivity contribution in [2.45, 2.75) is 18.9 Å². The fourth-order valence-electron chi connectivity index (χ4n) is 1.74. The van der Waals surface area contributed by atoms with Gasteiger partial charge in [0.1, 0.15) is 5.65 Å². The van der Waals surface area contributed by atoms with E-state index in [0.717, 1.165) is 23.0 Å². The van der Waals surface area contributed by atoms with Crippen molar-refractivity contribution in [2.75, 3.05) is 5.32 Å². The molecular formula is C11H11N3O. The maximum Gasteiger partial charge on any atom is 0.152 e. The van der Waals surface area contributed by atoms with Gasteiger partial charge >= 0.3 is 0 Å². The Bertz CT molecular complexity index is 514. The minimum Gasteiger partial charge on any atom is -0.382 e. The Morgan fingerprint density at radius 3 is 3.13 bits per heavy atom. The summed E-state index contributed by atoms with van der Waals surface area (Å²) < 4.78 is 0. The topological polar surface area (TPSA) is 57.8 Å². The summed E-state index contributed by atoms with van der Waals surface area (Å²) in [6.07, 6.45) is 6.73. The summed E-state index contributed by atoms with van der Waals surface area (Å²) >= 11 is 0. The molecule has 0 radical (unpaired) electrons. The zero-order valence-electron chi connectivity index (χ0n) is 8.16. The number of carbonyl (C=O) groups is 1. The van der Waals surface area contributed by atoms with Crippen LogP contribution in [0, 0.1) is 0 Å². The highest BCUT2D eigenvalue weighted by Gasteiger charge is 2.22. The van der Waals surface area contributed by atoms with Crippen LogP contribution in [0.1, 0.15) is 23.2 Å². The van der Waals surface area contributed by atoms with Gasteiger partial charge in [-0.25, -0.2) is 4.98 Å². The van der Waals surface area contributed by atoms with Crippen LogP contribution in [0.3, 0.4) is 0 Å². The average molecular weight is 201 g/mol. The maximum atomic E-state index is 10.9. The summed E-state index contributed by atoms with van der Waals surface area (Å²) in [5.41, 5.74) is 2.44. The number of rotatable bonds is 3. The SMILES string of the molecule is O=Cc1c[nH]c2nccc(NC3CC3)c12. The van der Waals surface area contributed by atoms with Gasteiger partial charge in [0, 0.05) is 29.7 Å². The first-order chi connectivity index (χ1) is 7.38. The molecule has 1 saturated carbocycles. The highest BCUT2D eigenvalue weighted by atomic mass is 16.1. The summed E-state index contributed by atoms with van der Waals surface area (Å²) in [4.78, 5) is 18.0. The second-order valence-electron chi connectivity index (χ2n) is 3.86. The van der Waals surface area contributed by atoms with E-state index in [2.05, 4.69) is 15.3 Å². The quantitative estimate of drug-likeness (QED) is 0.746. The van der Waals surface area contributed by atoms with Gasteiger partial charge in [-0.1, -0.05) is 0 Å². The molecule has 4 nitrogen and oxygen atoms in total. The Morgan fingerprint density at radius 1 is 1.53 bits per heavy atom. The molecule has 0 spiro atoms. The molecule has 0 aromatic carbocycles. The fraction of sp³-hybridized carbons (Fsp3) is 0.273. The van der Waals surface area contributed by atoms with Crippen LogP contribution in [-0.4, -0.2) is 22.3 Å². The standard InChI is InChI=1S/C11H11N3O/c15-6-7-5-13-11-10(7)9(3-4-12-11)14-8-1-2-8/h3-6,8H,1-2H2,(H2,12,13,14). The Balaban J connectivity index is 2.16. The van der Waals surface area contributed by atoms with E-state index in [1.54, 1.807) is 12.4 Å². The molecule has 1 fully saturated rings. The number of carbonyl (C=O) groups excluding carboxylic acids is 1. The van der Waals surface area contributed by atoms with Crippen molar-refractivity contribution >= 4 is 23.0 Å². The lowest BCUT2D eigenvalue weighted by Crippen LogP contribution is -2.01. The molecule has 76 valence electrons. The third kappa shape index (κ3) is 1.38. The molecular weight excluding hydrogens is 190 g/mol. The zero-order valence-corrected chi connectivity index (χ0v) is 8.16. The third-order valence-corrected chi connectivity index (χ3v) is 2.67. The van der Waals surface area contributed by atoms with Crippen molar-refractivity contribution in [3.8, 4) is 0 Å². The van der Waals surface area contributed by atoms with Crippen molar-refractivity contribution in [2.24, 2.45) is 0 Å². The van der Waals surface area contributed by atoms with Gasteiger partial charge in [-0.3, -0.25) is 4.79 Å². The predicted octanol–water partition coefficient (Wildman–Crippen LogP) is 1.95. The van der Waals surface area contributed by atoms with Crippen LogP contribution < -0.4 is 5.32 Å². The van der Waals surface area contributed by atoms with Crippen molar-refractivity contribution in [1.29, 1.82) is 0 Å². The molecule has 0 saturated heterocycles. The molecule has 0 unspecified atom stereocenters. The Hall–Kier alpha value is -1.84. The second-order valence-corrected chi connectivity index (χ2v) is 3.86. The van der Waals surface area contributed by atoms with Crippen LogP contribution >= 0.6 is 0 Å². The highest BCUT2D eigenvalue weighted by molar-refractivity contribution is 6.02. The maximum absolute atomic E-state index is 10.9. The summed E-state index contributed by atoms with van der Waals surface area (Å²) in [5.74, 6) is 0. The molecule has 2 aromatic heterocycles. The fourth-order valence-corrected chi connectivity index (χ4v) is 1.74. The highest BCUT2D eigenvalue weighted by Crippen LogP contribution is 2.30. The van der Waals surface area contributed by atoms with E-state index in [9.17, 15) is 4.79 Å². The molecule has 0 amide bonds. The number of nitrogens with zero attached hydrogens (tertiary/aromatic N) is 1. The normalized spacial score (nSPS) is 15.5. The van der Waals surface area contributed by atoms with E-state index in [-0.39, 0.29) is 0 Å². The minimum absolute atomic E-state index is 0.574. The van der Waals surface area contributed by atoms with Gasteiger partial charge in [-0.05, 0) is 18.9 Å². The molecule has 0 aliphatic heterocycles. The van der Waals surface area contributed by atoms with Crippen molar-refractivity contribution in [1.82, 2.24) is 9.97 Å². The van der Waals surface area contributed by atoms with Gasteiger partial charge in [0.2, 0.25) is 0 Å². The van der Waals surface area contributed by atoms with Gasteiger partial charge in [-0.15, -0.1) is 0 Å². The summed E-state index contributed by atoms with van der Waals surface area (Å²) in [6.45, 7) is 0. The number of H-pyrrole nitrogens is 1. The van der Waals surface area contributed by atoms with Crippen LogP contribution in [-0.2, 0) is 0 Å². The van der Waals surface area contributed by atoms with Crippen LogP contribution in [0.15, 0.2) is 18.5 Å². The number of fused-ring (bicyclic) bond motifs is 1. The first-order valence-electron chi connectivity index (χ1n) is 5.06. The number of aromatic amines is 1. The monoisotopic (exact) mass is 201 g/mol. The van der Waals surface area contributed by atoms with Crippen LogP contribution in [0.25, 0.3) is 11.0 Å². The number of hydrogen-bond donors (Lipinski definition) is 2. The molecule has 2 N–H and O–H groups in total. The molecule has 3 rings (SSSR count). The second kappa shape index (κ2) is 3.08. The first kappa shape index (κ1) is 8.47. The minimum atomic E-state index is 0.574. The molecule has 15 heavy (non-hydrogen) atoms. The van der Waals surface area contributed by atoms with E-state index in [1.165, 1.54) is 12.8 Å². The molecule has 2 aromatic rings. The number of anilines is 1. The number of aromatic nitrogens is 2. The lowest BCUT2D eigenvalue weighted by atomic mass is 10.2. The molecule has 2 heterocycles. The molecule has 1 aliphatic rings. The molecule has 0 bridgehead atoms. The van der Waals surface area contributed by atoms with E-state index < -0.39 is 0 Å². The number of nitrogens with one attached hydrogen (secondary N) is 2. The van der Waals surface area contributed by atoms with Crippen molar-refractivity contribution < 1.29 is 4.79 Å². The van der Waals surface area contributed by atoms with E-state index in [1.807, 2.05) is 6.07 Å². The average Bonchev–Trinajstić information content (AvgIpc) is 2.97. The lowest BCUT2D eigenvalue weighted by Gasteiger charge is -2.05. The Kier molecular flexibility index (Phi) is 1.74. The first-order valence-corrected chi connectivity index (χ1v) is 5.06. The van der Waals surface area contributed by atoms with Gasteiger partial charge in [-0.2, -0.15) is 0 Å². The molecule has 1 aliphatic carbocycles. The number of pyridine rings is 1. The van der Waals surface area contributed by atoms with Gasteiger partial charge in [0.25, 0.3) is 0 Å². The summed E-state index contributed by atoms with van der Waals surface area (Å²) in [7, 11) is 0. The number of aldehydes is 1. The molecule has 0 atom stereocenters. The number of hydrogen-bond acceptors (Lipinski definition) is 3. The Morgan fingerprint density at radius 2 is 2.40 bits per heavy atom. The van der Waals surface area contributed by atoms with Gasteiger partial charge < -0.3 is 10.3 Å². The smallest absolute Gasteiger partial charge is 0.152 e. The molecule has 4 heteroatoms. The zero-order chi connectivity index (χ0) is 10.3. The largest absolute Gasteiger partial charge is 0.382 e.